The van der Waals surface area contributed by atoms with Crippen LogP contribution in [-0.2, 0) is 10.0 Å². The fourth-order valence-corrected chi connectivity index (χ4v) is 3.58. The zero-order valence-corrected chi connectivity index (χ0v) is 16.2. The van der Waals surface area contributed by atoms with E-state index in [9.17, 15) is 26.4 Å². The van der Waals surface area contributed by atoms with E-state index in [4.69, 9.17) is 4.42 Å². The van der Waals surface area contributed by atoms with Crippen molar-refractivity contribution in [3.05, 3.63) is 60.0 Å². The van der Waals surface area contributed by atoms with Crippen LogP contribution in [0.25, 0.3) is 11.5 Å². The van der Waals surface area contributed by atoms with Crippen molar-refractivity contribution in [3.8, 4) is 11.5 Å². The number of amides is 1. The van der Waals surface area contributed by atoms with Crippen LogP contribution in [0.5, 0.6) is 0 Å². The van der Waals surface area contributed by atoms with Gasteiger partial charge in [0.1, 0.15) is 6.54 Å². The molecule has 0 unspecified atom stereocenters. The van der Waals surface area contributed by atoms with Crippen molar-refractivity contribution in [1.29, 1.82) is 0 Å². The molecule has 3 aromatic rings. The molecule has 2 N–H and O–H groups in total. The number of rotatable bonds is 6. The third-order valence-corrected chi connectivity index (χ3v) is 5.15. The standard InChI is InChI=1S/C18H15F3N4O4S/c1-11-23-24-17(29-11)14-7-2-3-8-15(14)25-30(27,28)13-6-4-5-12(9-13)16(26)22-10-18(19,20)21/h2-9,25H,10H2,1H3,(H,22,26). The number of aryl methyl sites for hydroxylation is 1. The van der Waals surface area contributed by atoms with Gasteiger partial charge in [0.2, 0.25) is 11.8 Å². The van der Waals surface area contributed by atoms with Gasteiger partial charge in [-0.2, -0.15) is 13.2 Å². The summed E-state index contributed by atoms with van der Waals surface area (Å²) in [7, 11) is -4.18. The first-order chi connectivity index (χ1) is 14.0. The Morgan fingerprint density at radius 2 is 1.83 bits per heavy atom. The van der Waals surface area contributed by atoms with Crippen LogP contribution in [0.2, 0.25) is 0 Å². The number of nitrogens with one attached hydrogen (secondary N) is 2. The Bertz CT molecular complexity index is 1180. The minimum atomic E-state index is -4.59. The average molecular weight is 440 g/mol. The molecule has 1 heterocycles. The van der Waals surface area contributed by atoms with Crippen LogP contribution >= 0.6 is 0 Å². The summed E-state index contributed by atoms with van der Waals surface area (Å²) >= 11 is 0. The molecule has 8 nitrogen and oxygen atoms in total. The molecule has 0 fully saturated rings. The number of alkyl halides is 3. The van der Waals surface area contributed by atoms with Crippen LogP contribution in [0.3, 0.4) is 0 Å². The van der Waals surface area contributed by atoms with E-state index in [1.54, 1.807) is 30.4 Å². The number of hydrogen-bond acceptors (Lipinski definition) is 6. The first-order valence-electron chi connectivity index (χ1n) is 8.42. The molecular formula is C18H15F3N4O4S. The van der Waals surface area contributed by atoms with Crippen molar-refractivity contribution in [2.45, 2.75) is 18.0 Å². The molecule has 2 aromatic carbocycles. The predicted octanol–water partition coefficient (Wildman–Crippen LogP) is 3.14. The monoisotopic (exact) mass is 440 g/mol. The molecular weight excluding hydrogens is 425 g/mol. The zero-order chi connectivity index (χ0) is 21.9. The molecule has 12 heteroatoms. The van der Waals surface area contributed by atoms with Crippen LogP contribution in [0.15, 0.2) is 57.8 Å². The van der Waals surface area contributed by atoms with Crippen LogP contribution in [0.1, 0.15) is 16.2 Å². The van der Waals surface area contributed by atoms with Crippen molar-refractivity contribution in [2.24, 2.45) is 0 Å². The normalized spacial score (nSPS) is 11.9. The fraction of sp³-hybridized carbons (Fsp3) is 0.167. The molecule has 0 aliphatic carbocycles. The van der Waals surface area contributed by atoms with Crippen LogP contribution in [0.4, 0.5) is 18.9 Å². The quantitative estimate of drug-likeness (QED) is 0.609. The molecule has 0 radical (unpaired) electrons. The number of carbonyl (C=O) groups excluding carboxylic acids is 1. The molecule has 0 aliphatic rings. The summed E-state index contributed by atoms with van der Waals surface area (Å²) in [6.45, 7) is 0.0522. The van der Waals surface area contributed by atoms with Crippen molar-refractivity contribution in [2.75, 3.05) is 11.3 Å². The number of hydrogen-bond donors (Lipinski definition) is 2. The summed E-state index contributed by atoms with van der Waals surface area (Å²) in [4.78, 5) is 11.6. The Morgan fingerprint density at radius 1 is 1.10 bits per heavy atom. The molecule has 0 atom stereocenters. The van der Waals surface area contributed by atoms with Crippen molar-refractivity contribution >= 4 is 21.6 Å². The van der Waals surface area contributed by atoms with Gasteiger partial charge in [0.05, 0.1) is 16.1 Å². The number of aromatic nitrogens is 2. The molecule has 0 spiro atoms. The molecule has 0 aliphatic heterocycles. The summed E-state index contributed by atoms with van der Waals surface area (Å²) in [5, 5.41) is 9.26. The lowest BCUT2D eigenvalue weighted by molar-refractivity contribution is -0.123. The molecule has 0 saturated carbocycles. The molecule has 30 heavy (non-hydrogen) atoms. The van der Waals surface area contributed by atoms with E-state index in [2.05, 4.69) is 14.9 Å². The van der Waals surface area contributed by atoms with Crippen molar-refractivity contribution < 1.29 is 30.8 Å². The highest BCUT2D eigenvalue weighted by Crippen LogP contribution is 2.28. The largest absolute Gasteiger partial charge is 0.421 e. The Labute approximate surface area is 169 Å². The minimum absolute atomic E-state index is 0.103. The number of nitrogens with zero attached hydrogens (tertiary/aromatic N) is 2. The van der Waals surface area contributed by atoms with Gasteiger partial charge in [-0.05, 0) is 30.3 Å². The molecule has 1 aromatic heterocycles. The van der Waals surface area contributed by atoms with E-state index in [-0.39, 0.29) is 22.0 Å². The van der Waals surface area contributed by atoms with E-state index in [1.807, 2.05) is 0 Å². The highest BCUT2D eigenvalue weighted by Gasteiger charge is 2.28. The molecule has 1 amide bonds. The SMILES string of the molecule is Cc1nnc(-c2ccccc2NS(=O)(=O)c2cccc(C(=O)NCC(F)(F)F)c2)o1. The first-order valence-corrected chi connectivity index (χ1v) is 9.91. The highest BCUT2D eigenvalue weighted by atomic mass is 32.2. The zero-order valence-electron chi connectivity index (χ0n) is 15.4. The predicted molar refractivity (Wildman–Crippen MR) is 100 cm³/mol. The van der Waals surface area contributed by atoms with E-state index in [0.29, 0.717) is 11.5 Å². The maximum Gasteiger partial charge on any atom is 0.405 e. The Balaban J connectivity index is 1.86. The second-order valence-electron chi connectivity index (χ2n) is 6.10. The maximum absolute atomic E-state index is 12.8. The lowest BCUT2D eigenvalue weighted by Crippen LogP contribution is -2.33. The van der Waals surface area contributed by atoms with Crippen molar-refractivity contribution in [1.82, 2.24) is 15.5 Å². The number of benzene rings is 2. The van der Waals surface area contributed by atoms with Gasteiger partial charge in [-0.25, -0.2) is 8.42 Å². The summed E-state index contributed by atoms with van der Waals surface area (Å²) in [5.74, 6) is -0.655. The van der Waals surface area contributed by atoms with E-state index in [1.165, 1.54) is 24.3 Å². The second-order valence-corrected chi connectivity index (χ2v) is 7.79. The number of carbonyl (C=O) groups is 1. The number of anilines is 1. The average Bonchev–Trinajstić information content (AvgIpc) is 3.12. The summed E-state index contributed by atoms with van der Waals surface area (Å²) in [6, 6.07) is 10.9. The first kappa shape index (κ1) is 21.3. The lowest BCUT2D eigenvalue weighted by atomic mass is 10.2. The molecule has 0 bridgehead atoms. The van der Waals surface area contributed by atoms with Crippen LogP contribution in [-0.4, -0.2) is 37.2 Å². The maximum atomic E-state index is 12.8. The van der Waals surface area contributed by atoms with Gasteiger partial charge < -0.3 is 9.73 Å². The topological polar surface area (TPSA) is 114 Å². The fourth-order valence-electron chi connectivity index (χ4n) is 2.45. The van der Waals surface area contributed by atoms with Gasteiger partial charge >= 0.3 is 6.18 Å². The van der Waals surface area contributed by atoms with E-state index >= 15 is 0 Å². The Kier molecular flexibility index (Phi) is 5.78. The van der Waals surface area contributed by atoms with Gasteiger partial charge in [-0.15, -0.1) is 10.2 Å². The second kappa shape index (κ2) is 8.14. The molecule has 158 valence electrons. The van der Waals surface area contributed by atoms with E-state index in [0.717, 1.165) is 6.07 Å². The Hall–Kier alpha value is -3.41. The van der Waals surface area contributed by atoms with Gasteiger partial charge in [-0.3, -0.25) is 9.52 Å². The summed E-state index contributed by atoms with van der Waals surface area (Å²) in [5.41, 5.74) is 0.247. The van der Waals surface area contributed by atoms with Crippen molar-refractivity contribution in [3.63, 3.8) is 0 Å². The summed E-state index contributed by atoms with van der Waals surface area (Å²) in [6.07, 6.45) is -4.59. The molecule has 0 saturated heterocycles. The van der Waals surface area contributed by atoms with E-state index < -0.39 is 28.7 Å². The molecule has 3 rings (SSSR count). The van der Waals surface area contributed by atoms with Gasteiger partial charge in [0, 0.05) is 12.5 Å². The third kappa shape index (κ3) is 5.14. The van der Waals surface area contributed by atoms with Crippen LogP contribution < -0.4 is 10.0 Å². The van der Waals surface area contributed by atoms with Gasteiger partial charge in [-0.1, -0.05) is 18.2 Å². The third-order valence-electron chi connectivity index (χ3n) is 3.78. The van der Waals surface area contributed by atoms with Crippen LogP contribution in [0, 0.1) is 6.92 Å². The number of halogens is 3. The highest BCUT2D eigenvalue weighted by molar-refractivity contribution is 7.92. The Morgan fingerprint density at radius 3 is 2.50 bits per heavy atom. The number of sulfonamides is 1. The van der Waals surface area contributed by atoms with Gasteiger partial charge in [0.15, 0.2) is 0 Å². The smallest absolute Gasteiger partial charge is 0.405 e. The lowest BCUT2D eigenvalue weighted by Gasteiger charge is -2.12. The van der Waals surface area contributed by atoms with Gasteiger partial charge in [0.25, 0.3) is 15.9 Å². The number of para-hydroxylation sites is 1. The summed E-state index contributed by atoms with van der Waals surface area (Å²) < 4.78 is 70.1. The minimum Gasteiger partial charge on any atom is -0.421 e.